The SMILES string of the molecule is COCCOCCN1C(=O)C(C)(C)NC(=O)C1C(C)(C)C. The second-order valence-corrected chi connectivity index (χ2v) is 6.99. The Morgan fingerprint density at radius 3 is 2.33 bits per heavy atom. The first-order valence-electron chi connectivity index (χ1n) is 7.31. The van der Waals surface area contributed by atoms with Crippen LogP contribution in [0.5, 0.6) is 0 Å². The molecular formula is C15H28N2O4. The van der Waals surface area contributed by atoms with Crippen LogP contribution in [0.2, 0.25) is 0 Å². The first-order chi connectivity index (χ1) is 9.61. The second-order valence-electron chi connectivity index (χ2n) is 6.99. The lowest BCUT2D eigenvalue weighted by Gasteiger charge is -2.47. The first-order valence-corrected chi connectivity index (χ1v) is 7.31. The number of nitrogens with zero attached hydrogens (tertiary/aromatic N) is 1. The molecule has 6 heteroatoms. The number of amides is 2. The minimum atomic E-state index is -0.870. The van der Waals surface area contributed by atoms with E-state index in [1.165, 1.54) is 0 Å². The van der Waals surface area contributed by atoms with Crippen molar-refractivity contribution < 1.29 is 19.1 Å². The maximum Gasteiger partial charge on any atom is 0.248 e. The Bertz CT molecular complexity index is 388. The number of hydrogen-bond donors (Lipinski definition) is 1. The molecule has 2 amide bonds. The van der Waals surface area contributed by atoms with E-state index in [9.17, 15) is 9.59 Å². The Labute approximate surface area is 127 Å². The van der Waals surface area contributed by atoms with Gasteiger partial charge in [0.05, 0.1) is 19.8 Å². The molecule has 1 saturated heterocycles. The van der Waals surface area contributed by atoms with E-state index in [2.05, 4.69) is 5.32 Å². The van der Waals surface area contributed by atoms with Crippen molar-refractivity contribution in [2.24, 2.45) is 5.41 Å². The van der Waals surface area contributed by atoms with Crippen LogP contribution in [-0.2, 0) is 19.1 Å². The van der Waals surface area contributed by atoms with Gasteiger partial charge in [0.25, 0.3) is 0 Å². The number of rotatable bonds is 6. The van der Waals surface area contributed by atoms with E-state index in [4.69, 9.17) is 9.47 Å². The van der Waals surface area contributed by atoms with Gasteiger partial charge in [-0.3, -0.25) is 9.59 Å². The van der Waals surface area contributed by atoms with E-state index in [1.54, 1.807) is 25.9 Å². The zero-order valence-electron chi connectivity index (χ0n) is 14.0. The van der Waals surface area contributed by atoms with Gasteiger partial charge >= 0.3 is 0 Å². The Hall–Kier alpha value is -1.14. The largest absolute Gasteiger partial charge is 0.382 e. The average molecular weight is 300 g/mol. The molecule has 1 rings (SSSR count). The summed E-state index contributed by atoms with van der Waals surface area (Å²) in [6.07, 6.45) is 0. The van der Waals surface area contributed by atoms with E-state index >= 15 is 0 Å². The van der Waals surface area contributed by atoms with Crippen LogP contribution in [0.3, 0.4) is 0 Å². The van der Waals surface area contributed by atoms with Crippen molar-refractivity contribution in [2.75, 3.05) is 33.5 Å². The normalized spacial score (nSPS) is 22.4. The third-order valence-corrected chi connectivity index (χ3v) is 3.52. The summed E-state index contributed by atoms with van der Waals surface area (Å²) in [6, 6.07) is -0.482. The maximum atomic E-state index is 12.6. The molecule has 0 aromatic carbocycles. The van der Waals surface area contributed by atoms with Crippen molar-refractivity contribution in [3.63, 3.8) is 0 Å². The zero-order valence-corrected chi connectivity index (χ0v) is 14.0. The molecule has 1 aliphatic rings. The van der Waals surface area contributed by atoms with E-state index in [0.29, 0.717) is 26.4 Å². The molecule has 1 N–H and O–H groups in total. The molecule has 0 aromatic heterocycles. The summed E-state index contributed by atoms with van der Waals surface area (Å²) >= 11 is 0. The lowest BCUT2D eigenvalue weighted by molar-refractivity contribution is -0.158. The van der Waals surface area contributed by atoms with Crippen LogP contribution < -0.4 is 5.32 Å². The molecule has 6 nitrogen and oxygen atoms in total. The van der Waals surface area contributed by atoms with Gasteiger partial charge in [0.15, 0.2) is 0 Å². The van der Waals surface area contributed by atoms with Gasteiger partial charge < -0.3 is 19.7 Å². The van der Waals surface area contributed by atoms with Gasteiger partial charge in [-0.2, -0.15) is 0 Å². The number of carbonyl (C=O) groups excluding carboxylic acids is 2. The molecule has 1 atom stereocenters. The summed E-state index contributed by atoms with van der Waals surface area (Å²) in [5, 5.41) is 2.81. The van der Waals surface area contributed by atoms with Crippen molar-refractivity contribution in [2.45, 2.75) is 46.2 Å². The van der Waals surface area contributed by atoms with Crippen LogP contribution in [-0.4, -0.2) is 61.8 Å². The molecule has 1 heterocycles. The summed E-state index contributed by atoms with van der Waals surface area (Å²) < 4.78 is 10.3. The number of carbonyl (C=O) groups is 2. The van der Waals surface area contributed by atoms with Crippen LogP contribution in [0.15, 0.2) is 0 Å². The summed E-state index contributed by atoms with van der Waals surface area (Å²) in [7, 11) is 1.61. The Morgan fingerprint density at radius 2 is 1.81 bits per heavy atom. The predicted molar refractivity (Wildman–Crippen MR) is 79.9 cm³/mol. The molecule has 0 bridgehead atoms. The lowest BCUT2D eigenvalue weighted by Crippen LogP contribution is -2.71. The highest BCUT2D eigenvalue weighted by molar-refractivity contribution is 5.99. The highest BCUT2D eigenvalue weighted by Crippen LogP contribution is 2.30. The summed E-state index contributed by atoms with van der Waals surface area (Å²) in [6.45, 7) is 11.1. The molecular weight excluding hydrogens is 272 g/mol. The fourth-order valence-corrected chi connectivity index (χ4v) is 2.55. The monoisotopic (exact) mass is 300 g/mol. The van der Waals surface area contributed by atoms with Gasteiger partial charge in [0, 0.05) is 13.7 Å². The molecule has 0 aromatic rings. The molecule has 122 valence electrons. The fraction of sp³-hybridized carbons (Fsp3) is 0.867. The number of ether oxygens (including phenoxy) is 2. The topological polar surface area (TPSA) is 67.9 Å². The van der Waals surface area contributed by atoms with Gasteiger partial charge in [-0.15, -0.1) is 0 Å². The summed E-state index contributed by atoms with van der Waals surface area (Å²) in [5.41, 5.74) is -1.20. The smallest absolute Gasteiger partial charge is 0.248 e. The van der Waals surface area contributed by atoms with E-state index in [-0.39, 0.29) is 17.2 Å². The summed E-state index contributed by atoms with van der Waals surface area (Å²) in [5.74, 6) is -0.179. The number of piperazine rings is 1. The summed E-state index contributed by atoms with van der Waals surface area (Å²) in [4.78, 5) is 26.6. The number of methoxy groups -OCH3 is 1. The van der Waals surface area contributed by atoms with Crippen LogP contribution >= 0.6 is 0 Å². The Kier molecular flexibility index (Phi) is 5.75. The maximum absolute atomic E-state index is 12.6. The first kappa shape index (κ1) is 17.9. The molecule has 0 spiro atoms. The molecule has 0 saturated carbocycles. The van der Waals surface area contributed by atoms with Crippen molar-refractivity contribution in [1.82, 2.24) is 10.2 Å². The van der Waals surface area contributed by atoms with Gasteiger partial charge in [-0.05, 0) is 19.3 Å². The van der Waals surface area contributed by atoms with Crippen molar-refractivity contribution in [1.29, 1.82) is 0 Å². The van der Waals surface area contributed by atoms with Crippen molar-refractivity contribution in [3.05, 3.63) is 0 Å². The Balaban J connectivity index is 2.80. The van der Waals surface area contributed by atoms with E-state index in [1.807, 2.05) is 20.8 Å². The van der Waals surface area contributed by atoms with Gasteiger partial charge in [0.2, 0.25) is 11.8 Å². The van der Waals surface area contributed by atoms with E-state index in [0.717, 1.165) is 0 Å². The second kappa shape index (κ2) is 6.75. The molecule has 0 radical (unpaired) electrons. The third kappa shape index (κ3) is 4.41. The van der Waals surface area contributed by atoms with E-state index < -0.39 is 11.6 Å². The molecule has 1 fully saturated rings. The molecule has 1 aliphatic heterocycles. The highest BCUT2D eigenvalue weighted by atomic mass is 16.5. The zero-order chi connectivity index (χ0) is 16.3. The van der Waals surface area contributed by atoms with Crippen LogP contribution in [0.25, 0.3) is 0 Å². The van der Waals surface area contributed by atoms with Crippen molar-refractivity contribution >= 4 is 11.8 Å². The van der Waals surface area contributed by atoms with Crippen LogP contribution in [0.1, 0.15) is 34.6 Å². The van der Waals surface area contributed by atoms with Crippen LogP contribution in [0, 0.1) is 5.41 Å². The molecule has 1 unspecified atom stereocenters. The lowest BCUT2D eigenvalue weighted by atomic mass is 9.81. The molecule has 0 aliphatic carbocycles. The minimum Gasteiger partial charge on any atom is -0.382 e. The predicted octanol–water partition coefficient (Wildman–Crippen LogP) is 0.801. The Morgan fingerprint density at radius 1 is 1.19 bits per heavy atom. The quantitative estimate of drug-likeness (QED) is 0.737. The van der Waals surface area contributed by atoms with Gasteiger partial charge in [-0.25, -0.2) is 0 Å². The molecule has 21 heavy (non-hydrogen) atoms. The average Bonchev–Trinajstić information content (AvgIpc) is 2.32. The number of nitrogens with one attached hydrogen (secondary N) is 1. The standard InChI is InChI=1S/C15H28N2O4/c1-14(2,3)11-12(18)16-15(4,5)13(19)17(11)7-8-21-10-9-20-6/h11H,7-10H2,1-6H3,(H,16,18). The third-order valence-electron chi connectivity index (χ3n) is 3.52. The fourth-order valence-electron chi connectivity index (χ4n) is 2.55. The minimum absolute atomic E-state index is 0.0719. The van der Waals surface area contributed by atoms with Crippen LogP contribution in [0.4, 0.5) is 0 Å². The van der Waals surface area contributed by atoms with Gasteiger partial charge in [0.1, 0.15) is 11.6 Å². The van der Waals surface area contributed by atoms with Crippen molar-refractivity contribution in [3.8, 4) is 0 Å². The van der Waals surface area contributed by atoms with Gasteiger partial charge in [-0.1, -0.05) is 20.8 Å². The highest BCUT2D eigenvalue weighted by Gasteiger charge is 2.49. The number of hydrogen-bond acceptors (Lipinski definition) is 4.